The van der Waals surface area contributed by atoms with Crippen LogP contribution in [0.2, 0.25) is 5.02 Å². The van der Waals surface area contributed by atoms with Crippen LogP contribution in [0.3, 0.4) is 0 Å². The Bertz CT molecular complexity index is 1040. The van der Waals surface area contributed by atoms with Crippen LogP contribution in [0.1, 0.15) is 24.4 Å². The summed E-state index contributed by atoms with van der Waals surface area (Å²) in [4.78, 5) is 31.5. The molecule has 1 atom stereocenters. The van der Waals surface area contributed by atoms with E-state index in [1.54, 1.807) is 11.9 Å². The number of carbonyl (C=O) groups is 1. The Labute approximate surface area is 154 Å². The predicted octanol–water partition coefficient (Wildman–Crippen LogP) is 2.15. The highest BCUT2D eigenvalue weighted by Crippen LogP contribution is 2.35. The maximum absolute atomic E-state index is 12.9. The van der Waals surface area contributed by atoms with Gasteiger partial charge >= 0.3 is 0 Å². The van der Waals surface area contributed by atoms with Gasteiger partial charge in [0.2, 0.25) is 5.91 Å². The average Bonchev–Trinajstić information content (AvgIpc) is 3.25. The largest absolute Gasteiger partial charge is 0.334 e. The van der Waals surface area contributed by atoms with Crippen molar-refractivity contribution in [1.82, 2.24) is 24.2 Å². The van der Waals surface area contributed by atoms with Crippen LogP contribution in [-0.4, -0.2) is 36.7 Å². The van der Waals surface area contributed by atoms with Crippen molar-refractivity contribution in [3.05, 3.63) is 57.7 Å². The SMILES string of the molecule is Cn1ncc2c(=O)n(CC(=O)N3CCCC3c3ccccc3Cl)cnc21. The molecule has 0 spiro atoms. The third kappa shape index (κ3) is 2.78. The van der Waals surface area contributed by atoms with Crippen LogP contribution in [0, 0.1) is 0 Å². The quantitative estimate of drug-likeness (QED) is 0.707. The first kappa shape index (κ1) is 16.8. The van der Waals surface area contributed by atoms with E-state index in [0.29, 0.717) is 22.6 Å². The molecule has 134 valence electrons. The molecule has 2 aromatic heterocycles. The summed E-state index contributed by atoms with van der Waals surface area (Å²) in [5.74, 6) is -0.112. The summed E-state index contributed by atoms with van der Waals surface area (Å²) in [5, 5.41) is 5.12. The highest BCUT2D eigenvalue weighted by Gasteiger charge is 2.31. The van der Waals surface area contributed by atoms with Gasteiger partial charge in [-0.15, -0.1) is 0 Å². The highest BCUT2D eigenvalue weighted by molar-refractivity contribution is 6.31. The van der Waals surface area contributed by atoms with E-state index in [1.165, 1.54) is 21.8 Å². The molecule has 3 aromatic rings. The second-order valence-corrected chi connectivity index (χ2v) is 6.86. The van der Waals surface area contributed by atoms with Gasteiger partial charge in [0.1, 0.15) is 18.3 Å². The van der Waals surface area contributed by atoms with E-state index < -0.39 is 0 Å². The van der Waals surface area contributed by atoms with Gasteiger partial charge in [-0.3, -0.25) is 18.8 Å². The molecule has 0 radical (unpaired) electrons. The standard InChI is InChI=1S/C18H18ClN5O2/c1-22-17-13(9-21-22)18(26)23(11-20-17)10-16(25)24-8-4-7-15(24)12-5-2-3-6-14(12)19/h2-3,5-6,9,11,15H,4,7-8,10H2,1H3. The molecule has 1 aromatic carbocycles. The maximum atomic E-state index is 12.9. The Hall–Kier alpha value is -2.67. The molecule has 1 fully saturated rings. The first-order valence-corrected chi connectivity index (χ1v) is 8.85. The fraction of sp³-hybridized carbons (Fsp3) is 0.333. The zero-order chi connectivity index (χ0) is 18.3. The van der Waals surface area contributed by atoms with Crippen molar-refractivity contribution in [3.8, 4) is 0 Å². The van der Waals surface area contributed by atoms with Crippen LogP contribution in [0.4, 0.5) is 0 Å². The lowest BCUT2D eigenvalue weighted by atomic mass is 10.0. The zero-order valence-electron chi connectivity index (χ0n) is 14.3. The minimum Gasteiger partial charge on any atom is -0.334 e. The molecule has 0 N–H and O–H groups in total. The number of aromatic nitrogens is 4. The molecule has 26 heavy (non-hydrogen) atoms. The first-order valence-electron chi connectivity index (χ1n) is 8.47. The van der Waals surface area contributed by atoms with Gasteiger partial charge in [0, 0.05) is 18.6 Å². The lowest BCUT2D eigenvalue weighted by Crippen LogP contribution is -2.36. The van der Waals surface area contributed by atoms with Crippen LogP contribution in [-0.2, 0) is 18.4 Å². The number of hydrogen-bond donors (Lipinski definition) is 0. The Morgan fingerprint density at radius 1 is 1.35 bits per heavy atom. The maximum Gasteiger partial charge on any atom is 0.264 e. The van der Waals surface area contributed by atoms with Crippen LogP contribution in [0.15, 0.2) is 41.6 Å². The van der Waals surface area contributed by atoms with Crippen molar-refractivity contribution in [2.45, 2.75) is 25.4 Å². The summed E-state index contributed by atoms with van der Waals surface area (Å²) in [6.07, 6.45) is 4.67. The Kier molecular flexibility index (Phi) is 4.24. The van der Waals surface area contributed by atoms with Gasteiger partial charge in [0.05, 0.1) is 12.2 Å². The van der Waals surface area contributed by atoms with E-state index in [4.69, 9.17) is 11.6 Å². The second-order valence-electron chi connectivity index (χ2n) is 6.45. The lowest BCUT2D eigenvalue weighted by Gasteiger charge is -2.26. The summed E-state index contributed by atoms with van der Waals surface area (Å²) in [7, 11) is 1.72. The number of likely N-dealkylation sites (tertiary alicyclic amines) is 1. The van der Waals surface area contributed by atoms with Crippen molar-refractivity contribution in [3.63, 3.8) is 0 Å². The molecular formula is C18H18ClN5O2. The Morgan fingerprint density at radius 2 is 2.15 bits per heavy atom. The molecular weight excluding hydrogens is 354 g/mol. The molecule has 0 bridgehead atoms. The lowest BCUT2D eigenvalue weighted by molar-refractivity contribution is -0.132. The number of carbonyl (C=O) groups excluding carboxylic acids is 1. The van der Waals surface area contributed by atoms with Crippen molar-refractivity contribution >= 4 is 28.5 Å². The molecule has 8 heteroatoms. The third-order valence-electron chi connectivity index (χ3n) is 4.86. The number of aryl methyl sites for hydroxylation is 1. The van der Waals surface area contributed by atoms with E-state index >= 15 is 0 Å². The first-order chi connectivity index (χ1) is 12.6. The van der Waals surface area contributed by atoms with Crippen LogP contribution >= 0.6 is 11.6 Å². The fourth-order valence-electron chi connectivity index (χ4n) is 3.55. The molecule has 1 aliphatic heterocycles. The van der Waals surface area contributed by atoms with Crippen molar-refractivity contribution < 1.29 is 4.79 Å². The van der Waals surface area contributed by atoms with Crippen LogP contribution in [0.5, 0.6) is 0 Å². The van der Waals surface area contributed by atoms with Gasteiger partial charge in [0.25, 0.3) is 5.56 Å². The van der Waals surface area contributed by atoms with Gasteiger partial charge in [-0.2, -0.15) is 5.10 Å². The molecule has 7 nitrogen and oxygen atoms in total. The molecule has 0 saturated carbocycles. The summed E-state index contributed by atoms with van der Waals surface area (Å²) >= 11 is 6.31. The van der Waals surface area contributed by atoms with Crippen molar-refractivity contribution in [2.75, 3.05) is 6.54 Å². The van der Waals surface area contributed by atoms with Crippen molar-refractivity contribution in [2.24, 2.45) is 7.05 Å². The third-order valence-corrected chi connectivity index (χ3v) is 5.21. The van der Waals surface area contributed by atoms with E-state index in [9.17, 15) is 9.59 Å². The van der Waals surface area contributed by atoms with Gasteiger partial charge in [-0.25, -0.2) is 4.98 Å². The normalized spacial score (nSPS) is 17.2. The Morgan fingerprint density at radius 3 is 2.96 bits per heavy atom. The number of hydrogen-bond acceptors (Lipinski definition) is 4. The molecule has 3 heterocycles. The molecule has 0 aliphatic carbocycles. The minimum atomic E-state index is -0.259. The van der Waals surface area contributed by atoms with Gasteiger partial charge in [-0.1, -0.05) is 29.8 Å². The molecule has 1 unspecified atom stereocenters. The zero-order valence-corrected chi connectivity index (χ0v) is 15.1. The number of fused-ring (bicyclic) bond motifs is 1. The molecule has 1 amide bonds. The number of amides is 1. The summed E-state index contributed by atoms with van der Waals surface area (Å²) < 4.78 is 2.88. The molecule has 4 rings (SSSR count). The predicted molar refractivity (Wildman–Crippen MR) is 97.9 cm³/mol. The van der Waals surface area contributed by atoms with E-state index in [-0.39, 0.29) is 24.1 Å². The second kappa shape index (κ2) is 6.57. The fourth-order valence-corrected chi connectivity index (χ4v) is 3.81. The van der Waals surface area contributed by atoms with Gasteiger partial charge in [-0.05, 0) is 24.5 Å². The van der Waals surface area contributed by atoms with Gasteiger partial charge in [0.15, 0.2) is 5.65 Å². The topological polar surface area (TPSA) is 73.0 Å². The van der Waals surface area contributed by atoms with Crippen LogP contribution < -0.4 is 5.56 Å². The van der Waals surface area contributed by atoms with E-state index in [0.717, 1.165) is 18.4 Å². The summed E-state index contributed by atoms with van der Waals surface area (Å²) in [5.41, 5.74) is 1.20. The molecule has 1 saturated heterocycles. The van der Waals surface area contributed by atoms with E-state index in [2.05, 4.69) is 10.1 Å². The summed E-state index contributed by atoms with van der Waals surface area (Å²) in [6, 6.07) is 7.53. The number of rotatable bonds is 3. The number of benzene rings is 1. The Balaban J connectivity index is 1.61. The summed E-state index contributed by atoms with van der Waals surface area (Å²) in [6.45, 7) is 0.615. The highest BCUT2D eigenvalue weighted by atomic mass is 35.5. The van der Waals surface area contributed by atoms with E-state index in [1.807, 2.05) is 24.3 Å². The van der Waals surface area contributed by atoms with Gasteiger partial charge < -0.3 is 4.90 Å². The minimum absolute atomic E-state index is 0.0440. The number of halogens is 1. The van der Waals surface area contributed by atoms with Crippen molar-refractivity contribution in [1.29, 1.82) is 0 Å². The molecule has 1 aliphatic rings. The smallest absolute Gasteiger partial charge is 0.264 e. The number of nitrogens with zero attached hydrogens (tertiary/aromatic N) is 5. The van der Waals surface area contributed by atoms with Crippen LogP contribution in [0.25, 0.3) is 11.0 Å². The average molecular weight is 372 g/mol. The monoisotopic (exact) mass is 371 g/mol.